The number of fused-ring (bicyclic) bond motifs is 1. The number of anilines is 1. The number of aliphatic imine (C=N–C) groups is 1. The molecule has 0 saturated heterocycles. The fourth-order valence-corrected chi connectivity index (χ4v) is 3.83. The van der Waals surface area contributed by atoms with Gasteiger partial charge in [0.15, 0.2) is 0 Å². The van der Waals surface area contributed by atoms with Crippen LogP contribution in [0.25, 0.3) is 0 Å². The van der Waals surface area contributed by atoms with Gasteiger partial charge >= 0.3 is 0 Å². The van der Waals surface area contributed by atoms with Crippen molar-refractivity contribution in [2.24, 2.45) is 4.99 Å². The summed E-state index contributed by atoms with van der Waals surface area (Å²) in [6.45, 7) is 0.645. The van der Waals surface area contributed by atoms with Crippen molar-refractivity contribution < 1.29 is 0 Å². The molecule has 0 spiro atoms. The van der Waals surface area contributed by atoms with Gasteiger partial charge in [-0.15, -0.1) is 0 Å². The highest BCUT2D eigenvalue weighted by atomic mass is 35.5. The molecule has 3 aromatic rings. The summed E-state index contributed by atoms with van der Waals surface area (Å²) in [4.78, 5) is 4.74. The summed E-state index contributed by atoms with van der Waals surface area (Å²) in [7, 11) is 0. The Morgan fingerprint density at radius 3 is 2.46 bits per heavy atom. The van der Waals surface area contributed by atoms with E-state index in [0.29, 0.717) is 16.6 Å². The number of rotatable bonds is 4. The largest absolute Gasteiger partial charge is 0.381 e. The van der Waals surface area contributed by atoms with E-state index in [4.69, 9.17) is 39.8 Å². The van der Waals surface area contributed by atoms with E-state index in [0.717, 1.165) is 39.7 Å². The van der Waals surface area contributed by atoms with Crippen molar-refractivity contribution in [2.45, 2.75) is 13.0 Å². The minimum atomic E-state index is 0.639. The standard InChI is InChI=1S/C21H15Cl3N2/c22-16-4-5-20-15(8-16)10-21(26-20)14-2-1-3-19(9-14)25-12-13-6-17(23)11-18(24)7-13/h1-9,11,25H,10,12H2. The first-order valence-corrected chi connectivity index (χ1v) is 9.35. The summed E-state index contributed by atoms with van der Waals surface area (Å²) in [5, 5.41) is 5.44. The van der Waals surface area contributed by atoms with Crippen LogP contribution in [0.5, 0.6) is 0 Å². The van der Waals surface area contributed by atoms with Gasteiger partial charge < -0.3 is 5.32 Å². The van der Waals surface area contributed by atoms with E-state index < -0.39 is 0 Å². The monoisotopic (exact) mass is 400 g/mol. The number of nitrogens with zero attached hydrogens (tertiary/aromatic N) is 1. The quantitative estimate of drug-likeness (QED) is 0.503. The normalized spacial score (nSPS) is 12.7. The third-order valence-corrected chi connectivity index (χ3v) is 4.94. The topological polar surface area (TPSA) is 24.4 Å². The average Bonchev–Trinajstić information content (AvgIpc) is 3.03. The molecule has 1 aliphatic rings. The van der Waals surface area contributed by atoms with Crippen molar-refractivity contribution in [2.75, 3.05) is 5.32 Å². The first kappa shape index (κ1) is 17.4. The lowest BCUT2D eigenvalue weighted by molar-refractivity contribution is 1.15. The fourth-order valence-electron chi connectivity index (χ4n) is 3.06. The minimum Gasteiger partial charge on any atom is -0.381 e. The lowest BCUT2D eigenvalue weighted by atomic mass is 10.0. The van der Waals surface area contributed by atoms with Crippen LogP contribution in [0, 0.1) is 0 Å². The number of nitrogens with one attached hydrogen (secondary N) is 1. The molecule has 130 valence electrons. The van der Waals surface area contributed by atoms with Gasteiger partial charge in [0.1, 0.15) is 0 Å². The van der Waals surface area contributed by atoms with Gasteiger partial charge in [-0.05, 0) is 65.2 Å². The van der Waals surface area contributed by atoms with Gasteiger partial charge in [-0.25, -0.2) is 0 Å². The van der Waals surface area contributed by atoms with E-state index in [-0.39, 0.29) is 0 Å². The average molecular weight is 402 g/mol. The van der Waals surface area contributed by atoms with Crippen LogP contribution in [0.1, 0.15) is 16.7 Å². The maximum Gasteiger partial charge on any atom is 0.0670 e. The van der Waals surface area contributed by atoms with Gasteiger partial charge in [-0.2, -0.15) is 0 Å². The van der Waals surface area contributed by atoms with Crippen molar-refractivity contribution in [3.05, 3.63) is 92.4 Å². The minimum absolute atomic E-state index is 0.639. The van der Waals surface area contributed by atoms with E-state index in [1.54, 1.807) is 6.07 Å². The number of hydrogen-bond acceptors (Lipinski definition) is 2. The lowest BCUT2D eigenvalue weighted by Crippen LogP contribution is -2.03. The lowest BCUT2D eigenvalue weighted by Gasteiger charge is -2.09. The molecule has 0 fully saturated rings. The second kappa shape index (κ2) is 7.32. The molecule has 0 bridgehead atoms. The van der Waals surface area contributed by atoms with Gasteiger partial charge in [-0.3, -0.25) is 4.99 Å². The van der Waals surface area contributed by atoms with Crippen molar-refractivity contribution in [3.63, 3.8) is 0 Å². The first-order valence-electron chi connectivity index (χ1n) is 8.22. The Morgan fingerprint density at radius 2 is 1.65 bits per heavy atom. The summed E-state index contributed by atoms with van der Waals surface area (Å²) in [5.41, 5.74) is 6.38. The third kappa shape index (κ3) is 3.88. The zero-order chi connectivity index (χ0) is 18.1. The highest BCUT2D eigenvalue weighted by molar-refractivity contribution is 6.34. The molecule has 2 nitrogen and oxygen atoms in total. The Labute approximate surface area is 167 Å². The van der Waals surface area contributed by atoms with Crippen molar-refractivity contribution in [3.8, 4) is 0 Å². The summed E-state index contributed by atoms with van der Waals surface area (Å²) >= 11 is 18.2. The van der Waals surface area contributed by atoms with E-state index in [1.807, 2.05) is 42.5 Å². The zero-order valence-corrected chi connectivity index (χ0v) is 16.0. The molecule has 0 unspecified atom stereocenters. The Bertz CT molecular complexity index is 992. The van der Waals surface area contributed by atoms with Crippen LogP contribution in [-0.4, -0.2) is 5.71 Å². The number of hydrogen-bond donors (Lipinski definition) is 1. The van der Waals surface area contributed by atoms with Crippen molar-refractivity contribution in [1.29, 1.82) is 0 Å². The SMILES string of the molecule is Clc1cc(Cl)cc(CNc2cccc(C3=Nc4ccc(Cl)cc4C3)c2)c1. The van der Waals surface area contributed by atoms with Crippen LogP contribution in [0.2, 0.25) is 15.1 Å². The highest BCUT2D eigenvalue weighted by Crippen LogP contribution is 2.31. The summed E-state index contributed by atoms with van der Waals surface area (Å²) in [6, 6.07) is 19.6. The van der Waals surface area contributed by atoms with Gasteiger partial charge in [0.05, 0.1) is 11.4 Å². The van der Waals surface area contributed by atoms with Crippen LogP contribution >= 0.6 is 34.8 Å². The summed E-state index contributed by atoms with van der Waals surface area (Å²) < 4.78 is 0. The van der Waals surface area contributed by atoms with Gasteiger partial charge in [-0.1, -0.05) is 46.9 Å². The predicted octanol–water partition coefficient (Wildman–Crippen LogP) is 6.94. The molecule has 0 radical (unpaired) electrons. The van der Waals surface area contributed by atoms with E-state index in [9.17, 15) is 0 Å². The second-order valence-corrected chi connectivity index (χ2v) is 7.53. The number of benzene rings is 3. The molecule has 0 saturated carbocycles. The van der Waals surface area contributed by atoms with Crippen LogP contribution in [0.15, 0.2) is 65.7 Å². The van der Waals surface area contributed by atoms with Crippen LogP contribution < -0.4 is 5.32 Å². The van der Waals surface area contributed by atoms with Gasteiger partial charge in [0.2, 0.25) is 0 Å². The third-order valence-electron chi connectivity index (χ3n) is 4.27. The maximum atomic E-state index is 6.08. The van der Waals surface area contributed by atoms with E-state index in [1.165, 1.54) is 5.56 Å². The fraction of sp³-hybridized carbons (Fsp3) is 0.0952. The Kier molecular flexibility index (Phi) is 4.90. The molecule has 5 heteroatoms. The Hall–Kier alpha value is -2.00. The van der Waals surface area contributed by atoms with Crippen molar-refractivity contribution >= 4 is 51.9 Å². The summed E-state index contributed by atoms with van der Waals surface area (Å²) in [6.07, 6.45) is 0.795. The Balaban J connectivity index is 1.51. The molecule has 0 amide bonds. The van der Waals surface area contributed by atoms with Gasteiger partial charge in [0, 0.05) is 33.7 Å². The molecule has 1 N–H and O–H groups in total. The van der Waals surface area contributed by atoms with Crippen LogP contribution in [0.4, 0.5) is 11.4 Å². The number of halogens is 3. The molecular weight excluding hydrogens is 387 g/mol. The molecule has 0 aromatic heterocycles. The molecule has 1 heterocycles. The highest BCUT2D eigenvalue weighted by Gasteiger charge is 2.16. The van der Waals surface area contributed by atoms with Crippen molar-refractivity contribution in [1.82, 2.24) is 0 Å². The van der Waals surface area contributed by atoms with Gasteiger partial charge in [0.25, 0.3) is 0 Å². The van der Waals surface area contributed by atoms with Crippen LogP contribution in [0.3, 0.4) is 0 Å². The zero-order valence-electron chi connectivity index (χ0n) is 13.8. The second-order valence-electron chi connectivity index (χ2n) is 6.22. The first-order chi connectivity index (χ1) is 12.6. The molecule has 0 atom stereocenters. The smallest absolute Gasteiger partial charge is 0.0670 e. The van der Waals surface area contributed by atoms with Crippen LogP contribution in [-0.2, 0) is 13.0 Å². The molecule has 4 rings (SSSR count). The van der Waals surface area contributed by atoms with E-state index in [2.05, 4.69) is 17.4 Å². The molecule has 3 aromatic carbocycles. The molecular formula is C21H15Cl3N2. The Morgan fingerprint density at radius 1 is 0.846 bits per heavy atom. The molecule has 26 heavy (non-hydrogen) atoms. The molecule has 1 aliphatic heterocycles. The molecule has 0 aliphatic carbocycles. The maximum absolute atomic E-state index is 6.08. The summed E-state index contributed by atoms with van der Waals surface area (Å²) in [5.74, 6) is 0. The predicted molar refractivity (Wildman–Crippen MR) is 112 cm³/mol. The van der Waals surface area contributed by atoms with E-state index >= 15 is 0 Å².